The second kappa shape index (κ2) is 11.6. The molecule has 0 saturated carbocycles. The Morgan fingerprint density at radius 1 is 1.17 bits per heavy atom. The van der Waals surface area contributed by atoms with Gasteiger partial charge in [-0.25, -0.2) is 0 Å². The second-order valence-electron chi connectivity index (χ2n) is 1.02. The van der Waals surface area contributed by atoms with Gasteiger partial charge in [0.1, 0.15) is 6.61 Å². The number of hydrogen-bond acceptors (Lipinski definition) is 2. The standard InChI is InChI=1S/C2H3F3O.CHCl3.CH4O/c3-2(4,5)1-6;2-1(3)4;1-2/h6H,1H2;1H;2H,1H3. The molecule has 0 aromatic heterocycles. The van der Waals surface area contributed by atoms with Gasteiger partial charge in [-0.05, 0) is 0 Å². The van der Waals surface area contributed by atoms with Crippen LogP contribution < -0.4 is 0 Å². The minimum Gasteiger partial charge on any atom is -0.400 e. The maximum Gasteiger partial charge on any atom is 0.411 e. The van der Waals surface area contributed by atoms with Gasteiger partial charge >= 0.3 is 6.18 Å². The van der Waals surface area contributed by atoms with Crippen LogP contribution in [0.2, 0.25) is 0 Å². The molecule has 0 heterocycles. The van der Waals surface area contributed by atoms with Crippen LogP contribution in [-0.2, 0) is 0 Å². The SMILES string of the molecule is CO.ClC(Cl)Cl.OCC(F)(F)F. The summed E-state index contributed by atoms with van der Waals surface area (Å²) in [4.78, 5) is 0. The monoisotopic (exact) mass is 250 g/mol. The van der Waals surface area contributed by atoms with E-state index in [1.54, 1.807) is 0 Å². The van der Waals surface area contributed by atoms with E-state index in [0.717, 1.165) is 7.11 Å². The van der Waals surface area contributed by atoms with Gasteiger partial charge in [-0.2, -0.15) is 13.2 Å². The summed E-state index contributed by atoms with van der Waals surface area (Å²) in [5.41, 5.74) is 0. The first-order chi connectivity index (χ1) is 5.29. The first-order valence-corrected chi connectivity index (χ1v) is 3.65. The van der Waals surface area contributed by atoms with Crippen molar-refractivity contribution in [3.8, 4) is 0 Å². The van der Waals surface area contributed by atoms with Crippen LogP contribution in [0.25, 0.3) is 0 Å². The lowest BCUT2D eigenvalue weighted by molar-refractivity contribution is -0.159. The Morgan fingerprint density at radius 2 is 1.25 bits per heavy atom. The Kier molecular flexibility index (Phi) is 17.7. The van der Waals surface area contributed by atoms with Gasteiger partial charge in [0.2, 0.25) is 0 Å². The Balaban J connectivity index is -0.000000118. The maximum atomic E-state index is 10.5. The van der Waals surface area contributed by atoms with Crippen molar-refractivity contribution in [2.75, 3.05) is 13.7 Å². The molecule has 0 unspecified atom stereocenters. The molecule has 0 aromatic rings. The smallest absolute Gasteiger partial charge is 0.400 e. The van der Waals surface area contributed by atoms with E-state index in [2.05, 4.69) is 0 Å². The van der Waals surface area contributed by atoms with Crippen LogP contribution in [0.5, 0.6) is 0 Å². The summed E-state index contributed by atoms with van der Waals surface area (Å²) in [6, 6.07) is 0. The molecule has 0 amide bonds. The summed E-state index contributed by atoms with van der Waals surface area (Å²) < 4.78 is 30.9. The summed E-state index contributed by atoms with van der Waals surface area (Å²) in [7, 11) is 1.00. The highest BCUT2D eigenvalue weighted by Crippen LogP contribution is 2.11. The van der Waals surface area contributed by atoms with Gasteiger partial charge in [-0.1, -0.05) is 34.8 Å². The number of alkyl halides is 6. The lowest BCUT2D eigenvalue weighted by Crippen LogP contribution is -2.12. The van der Waals surface area contributed by atoms with Crippen LogP contribution in [0.4, 0.5) is 13.2 Å². The molecule has 8 heteroatoms. The van der Waals surface area contributed by atoms with Crippen molar-refractivity contribution in [2.24, 2.45) is 0 Å². The quantitative estimate of drug-likeness (QED) is 0.648. The van der Waals surface area contributed by atoms with Crippen molar-refractivity contribution >= 4 is 34.8 Å². The van der Waals surface area contributed by atoms with Crippen LogP contribution in [0.15, 0.2) is 0 Å². The van der Waals surface area contributed by atoms with Crippen LogP contribution in [0.3, 0.4) is 0 Å². The van der Waals surface area contributed by atoms with Gasteiger partial charge < -0.3 is 10.2 Å². The van der Waals surface area contributed by atoms with Crippen molar-refractivity contribution < 1.29 is 23.4 Å². The van der Waals surface area contributed by atoms with Crippen LogP contribution in [0, 0.1) is 0 Å². The van der Waals surface area contributed by atoms with E-state index in [0.29, 0.717) is 0 Å². The predicted octanol–water partition coefficient (Wildman–Crippen LogP) is 2.14. The van der Waals surface area contributed by atoms with E-state index >= 15 is 0 Å². The van der Waals surface area contributed by atoms with Gasteiger partial charge in [0, 0.05) is 7.11 Å². The topological polar surface area (TPSA) is 40.5 Å². The minimum absolute atomic E-state index is 0.750. The fraction of sp³-hybridized carbons (Fsp3) is 1.00. The third-order valence-corrected chi connectivity index (χ3v) is 0.179. The number of aliphatic hydroxyl groups excluding tert-OH is 2. The number of rotatable bonds is 0. The summed E-state index contributed by atoms with van der Waals surface area (Å²) in [5, 5.41) is 14.3. The fourth-order valence-electron chi connectivity index (χ4n) is 0. The van der Waals surface area contributed by atoms with E-state index in [1.165, 1.54) is 0 Å². The second-order valence-corrected chi connectivity index (χ2v) is 3.00. The summed E-state index contributed by atoms with van der Waals surface area (Å²) in [6.45, 7) is -1.73. The Bertz CT molecular complexity index is 75.7. The van der Waals surface area contributed by atoms with Gasteiger partial charge in [-0.15, -0.1) is 0 Å². The number of aliphatic hydroxyl groups is 2. The van der Waals surface area contributed by atoms with Crippen LogP contribution in [-0.4, -0.2) is 34.4 Å². The molecular formula is C4H8Cl3F3O2. The highest BCUT2D eigenvalue weighted by Gasteiger charge is 2.24. The largest absolute Gasteiger partial charge is 0.411 e. The summed E-state index contributed by atoms with van der Waals surface area (Å²) >= 11 is 14.4. The van der Waals surface area contributed by atoms with Crippen LogP contribution in [0.1, 0.15) is 0 Å². The molecule has 78 valence electrons. The zero-order valence-electron chi connectivity index (χ0n) is 5.95. The van der Waals surface area contributed by atoms with Crippen LogP contribution >= 0.6 is 34.8 Å². The van der Waals surface area contributed by atoms with Gasteiger partial charge in [0.15, 0.2) is 4.30 Å². The average molecular weight is 251 g/mol. The number of hydrogen-bond donors (Lipinski definition) is 2. The first-order valence-electron chi connectivity index (χ1n) is 2.34. The maximum absolute atomic E-state index is 10.5. The van der Waals surface area contributed by atoms with Crippen molar-refractivity contribution in [3.63, 3.8) is 0 Å². The molecule has 0 spiro atoms. The first kappa shape index (κ1) is 18.4. The fourth-order valence-corrected chi connectivity index (χ4v) is 0. The zero-order valence-corrected chi connectivity index (χ0v) is 8.21. The molecule has 12 heavy (non-hydrogen) atoms. The molecule has 0 rings (SSSR count). The molecule has 0 fully saturated rings. The highest BCUT2D eigenvalue weighted by molar-refractivity contribution is 6.63. The minimum atomic E-state index is -4.40. The Hall–Kier alpha value is 0.580. The molecule has 0 aliphatic rings. The Labute approximate surface area is 82.8 Å². The molecule has 0 bridgehead atoms. The van der Waals surface area contributed by atoms with E-state index in [4.69, 9.17) is 45.0 Å². The summed E-state index contributed by atoms with van der Waals surface area (Å²) in [6.07, 6.45) is -4.40. The molecule has 0 aromatic carbocycles. The van der Waals surface area contributed by atoms with Gasteiger partial charge in [-0.3, -0.25) is 0 Å². The van der Waals surface area contributed by atoms with Crippen molar-refractivity contribution in [1.82, 2.24) is 0 Å². The van der Waals surface area contributed by atoms with E-state index in [9.17, 15) is 13.2 Å². The molecule has 0 radical (unpaired) electrons. The highest BCUT2D eigenvalue weighted by atomic mass is 35.6. The van der Waals surface area contributed by atoms with Crippen molar-refractivity contribution in [3.05, 3.63) is 0 Å². The molecule has 0 saturated heterocycles. The molecule has 0 aliphatic carbocycles. The molecular weight excluding hydrogens is 243 g/mol. The number of halogens is 6. The normalized spacial score (nSPS) is 9.50. The third-order valence-electron chi connectivity index (χ3n) is 0.179. The van der Waals surface area contributed by atoms with E-state index < -0.39 is 17.1 Å². The molecule has 2 nitrogen and oxygen atoms in total. The van der Waals surface area contributed by atoms with Gasteiger partial charge in [0.05, 0.1) is 0 Å². The van der Waals surface area contributed by atoms with Crippen molar-refractivity contribution in [1.29, 1.82) is 0 Å². The molecule has 2 N–H and O–H groups in total. The zero-order chi connectivity index (χ0) is 10.8. The van der Waals surface area contributed by atoms with Gasteiger partial charge in [0.25, 0.3) is 0 Å². The predicted molar refractivity (Wildman–Crippen MR) is 42.6 cm³/mol. The van der Waals surface area contributed by atoms with E-state index in [1.807, 2.05) is 0 Å². The lowest BCUT2D eigenvalue weighted by atomic mass is 10.7. The van der Waals surface area contributed by atoms with Crippen molar-refractivity contribution in [2.45, 2.75) is 10.5 Å². The molecule has 0 atom stereocenters. The Morgan fingerprint density at radius 3 is 1.25 bits per heavy atom. The third kappa shape index (κ3) is 75.8. The van der Waals surface area contributed by atoms with E-state index in [-0.39, 0.29) is 0 Å². The summed E-state index contributed by atoms with van der Waals surface area (Å²) in [5.74, 6) is 0. The average Bonchev–Trinajstić information content (AvgIpc) is 1.90. The lowest BCUT2D eigenvalue weighted by Gasteiger charge is -1.95. The molecule has 0 aliphatic heterocycles.